The highest BCUT2D eigenvalue weighted by Crippen LogP contribution is 2.18. The summed E-state index contributed by atoms with van der Waals surface area (Å²) in [5.41, 5.74) is 0.480. The summed E-state index contributed by atoms with van der Waals surface area (Å²) < 4.78 is 29.2. The molecule has 0 fully saturated rings. The van der Waals surface area contributed by atoms with Crippen molar-refractivity contribution in [2.45, 2.75) is 26.5 Å². The number of nitrogens with one attached hydrogen (secondary N) is 1. The number of hydrogen-bond acceptors (Lipinski definition) is 5. The first-order valence-electron chi connectivity index (χ1n) is 8.87. The summed E-state index contributed by atoms with van der Waals surface area (Å²) in [4.78, 5) is 24.5. The normalized spacial score (nSPS) is 11.6. The summed E-state index contributed by atoms with van der Waals surface area (Å²) in [5, 5.41) is 2.62. The number of para-hydroxylation sites is 1. The Hall–Kier alpha value is -3.09. The van der Waals surface area contributed by atoms with Crippen LogP contribution in [0.25, 0.3) is 0 Å². The first-order chi connectivity index (χ1) is 13.4. The number of hydrogen-bond donors (Lipinski definition) is 1. The lowest BCUT2D eigenvalue weighted by atomic mass is 10.0. The van der Waals surface area contributed by atoms with Crippen molar-refractivity contribution in [1.82, 2.24) is 5.32 Å². The maximum absolute atomic E-state index is 13.7. The zero-order valence-electron chi connectivity index (χ0n) is 16.1. The van der Waals surface area contributed by atoms with Crippen molar-refractivity contribution < 1.29 is 28.2 Å². The van der Waals surface area contributed by atoms with Crippen molar-refractivity contribution in [3.63, 3.8) is 0 Å². The third kappa shape index (κ3) is 6.26. The van der Waals surface area contributed by atoms with Gasteiger partial charge in [0.15, 0.2) is 18.2 Å². The lowest BCUT2D eigenvalue weighted by Crippen LogP contribution is -2.46. The Bertz CT molecular complexity index is 795. The van der Waals surface area contributed by atoms with Gasteiger partial charge >= 0.3 is 5.97 Å². The van der Waals surface area contributed by atoms with Gasteiger partial charge in [0.2, 0.25) is 0 Å². The van der Waals surface area contributed by atoms with Crippen molar-refractivity contribution in [2.75, 3.05) is 13.7 Å². The molecule has 0 saturated carbocycles. The number of carbonyl (C=O) groups is 2. The number of methoxy groups -OCH3 is 1. The smallest absolute Gasteiger partial charge is 0.329 e. The number of halogens is 1. The van der Waals surface area contributed by atoms with E-state index in [0.29, 0.717) is 11.3 Å². The molecule has 0 saturated heterocycles. The predicted octanol–water partition coefficient (Wildman–Crippen LogP) is 3.10. The fourth-order valence-electron chi connectivity index (χ4n) is 2.42. The predicted molar refractivity (Wildman–Crippen MR) is 101 cm³/mol. The molecule has 0 radical (unpaired) electrons. The molecule has 0 unspecified atom stereocenters. The Kier molecular flexibility index (Phi) is 7.80. The minimum Gasteiger partial charge on any atom is -0.494 e. The van der Waals surface area contributed by atoms with Gasteiger partial charge < -0.3 is 19.5 Å². The molecule has 7 heteroatoms. The van der Waals surface area contributed by atoms with E-state index in [1.807, 2.05) is 6.07 Å². The molecule has 0 aliphatic rings. The number of benzene rings is 2. The molecule has 0 bridgehead atoms. The molecule has 0 aliphatic carbocycles. The second-order valence-corrected chi connectivity index (χ2v) is 6.47. The van der Waals surface area contributed by atoms with Crippen LogP contribution in [-0.2, 0) is 20.9 Å². The Morgan fingerprint density at radius 3 is 2.43 bits per heavy atom. The second kappa shape index (κ2) is 10.3. The minimum atomic E-state index is -0.838. The van der Waals surface area contributed by atoms with Crippen molar-refractivity contribution >= 4 is 11.9 Å². The van der Waals surface area contributed by atoms with Crippen LogP contribution < -0.4 is 14.8 Å². The third-order valence-corrected chi connectivity index (χ3v) is 3.95. The van der Waals surface area contributed by atoms with Crippen molar-refractivity contribution in [2.24, 2.45) is 5.92 Å². The summed E-state index contributed by atoms with van der Waals surface area (Å²) in [7, 11) is 1.37. The molecule has 1 atom stereocenters. The molecule has 0 heterocycles. The van der Waals surface area contributed by atoms with Gasteiger partial charge in [-0.25, -0.2) is 9.18 Å². The van der Waals surface area contributed by atoms with Gasteiger partial charge in [-0.3, -0.25) is 4.79 Å². The molecule has 1 N–H and O–H groups in total. The average molecular weight is 389 g/mol. The monoisotopic (exact) mass is 389 g/mol. The van der Waals surface area contributed by atoms with E-state index in [0.717, 1.165) is 0 Å². The number of amides is 1. The van der Waals surface area contributed by atoms with Crippen LogP contribution in [0.1, 0.15) is 19.4 Å². The summed E-state index contributed by atoms with van der Waals surface area (Å²) >= 11 is 0. The van der Waals surface area contributed by atoms with Gasteiger partial charge in [-0.1, -0.05) is 38.1 Å². The molecule has 2 rings (SSSR count). The van der Waals surface area contributed by atoms with Gasteiger partial charge in [-0.05, 0) is 35.7 Å². The van der Waals surface area contributed by atoms with Crippen LogP contribution in [-0.4, -0.2) is 31.6 Å². The first-order valence-corrected chi connectivity index (χ1v) is 8.87. The van der Waals surface area contributed by atoms with Crippen LogP contribution in [0.5, 0.6) is 11.5 Å². The summed E-state index contributed by atoms with van der Waals surface area (Å²) in [6.07, 6.45) is 0. The van der Waals surface area contributed by atoms with Crippen LogP contribution in [0.15, 0.2) is 48.5 Å². The highest BCUT2D eigenvalue weighted by molar-refractivity contribution is 5.85. The molecule has 2 aromatic rings. The Balaban J connectivity index is 1.88. The number of carbonyl (C=O) groups excluding carboxylic acids is 2. The Morgan fingerprint density at radius 1 is 1.11 bits per heavy atom. The molecule has 6 nitrogen and oxygen atoms in total. The maximum Gasteiger partial charge on any atom is 0.329 e. The first kappa shape index (κ1) is 21.2. The van der Waals surface area contributed by atoms with Crippen LogP contribution in [0, 0.1) is 11.7 Å². The molecule has 2 aromatic carbocycles. The fourth-order valence-corrected chi connectivity index (χ4v) is 2.42. The lowest BCUT2D eigenvalue weighted by molar-refractivity contribution is -0.150. The SMILES string of the molecule is COc1ccc(COC(=O)[C@@H](NC(=O)COc2ccccc2)C(C)C)cc1F. The molecule has 0 aromatic heterocycles. The molecule has 0 spiro atoms. The van der Waals surface area contributed by atoms with Crippen LogP contribution in [0.3, 0.4) is 0 Å². The van der Waals surface area contributed by atoms with E-state index in [2.05, 4.69) is 5.32 Å². The topological polar surface area (TPSA) is 73.9 Å². The van der Waals surface area contributed by atoms with E-state index in [1.54, 1.807) is 44.2 Å². The van der Waals surface area contributed by atoms with Crippen molar-refractivity contribution in [3.8, 4) is 11.5 Å². The lowest BCUT2D eigenvalue weighted by Gasteiger charge is -2.21. The summed E-state index contributed by atoms with van der Waals surface area (Å²) in [6.45, 7) is 3.25. The molecular weight excluding hydrogens is 365 g/mol. The van der Waals surface area contributed by atoms with Crippen molar-refractivity contribution in [3.05, 3.63) is 59.9 Å². The molecule has 150 valence electrons. The zero-order chi connectivity index (χ0) is 20.5. The Labute approximate surface area is 163 Å². The van der Waals surface area contributed by atoms with Crippen molar-refractivity contribution in [1.29, 1.82) is 0 Å². The van der Waals surface area contributed by atoms with E-state index in [1.165, 1.54) is 19.2 Å². The molecule has 28 heavy (non-hydrogen) atoms. The summed E-state index contributed by atoms with van der Waals surface area (Å²) in [5.74, 6) is -1.10. The van der Waals surface area contributed by atoms with E-state index < -0.39 is 23.7 Å². The number of rotatable bonds is 9. The van der Waals surface area contributed by atoms with Gasteiger partial charge in [-0.15, -0.1) is 0 Å². The second-order valence-electron chi connectivity index (χ2n) is 6.47. The van der Waals surface area contributed by atoms with E-state index >= 15 is 0 Å². The third-order valence-electron chi connectivity index (χ3n) is 3.95. The van der Waals surface area contributed by atoms with Gasteiger partial charge in [0.25, 0.3) is 5.91 Å². The standard InChI is InChI=1S/C21H24FNO5/c1-14(2)20(23-19(24)13-27-16-7-5-4-6-8-16)21(25)28-12-15-9-10-18(26-3)17(22)11-15/h4-11,14,20H,12-13H2,1-3H3,(H,23,24)/t20-/m0/s1. The van der Waals surface area contributed by atoms with E-state index in [4.69, 9.17) is 14.2 Å². The largest absolute Gasteiger partial charge is 0.494 e. The quantitative estimate of drug-likeness (QED) is 0.667. The van der Waals surface area contributed by atoms with Gasteiger partial charge in [0.05, 0.1) is 7.11 Å². The van der Waals surface area contributed by atoms with Crippen LogP contribution >= 0.6 is 0 Å². The Morgan fingerprint density at radius 2 is 1.82 bits per heavy atom. The fraction of sp³-hybridized carbons (Fsp3) is 0.333. The van der Waals surface area contributed by atoms with Crippen LogP contribution in [0.4, 0.5) is 4.39 Å². The molecule has 1 amide bonds. The average Bonchev–Trinajstić information content (AvgIpc) is 2.69. The number of ether oxygens (including phenoxy) is 3. The van der Waals surface area contributed by atoms with Gasteiger partial charge in [0.1, 0.15) is 18.4 Å². The highest BCUT2D eigenvalue weighted by Gasteiger charge is 2.26. The summed E-state index contributed by atoms with van der Waals surface area (Å²) in [6, 6.07) is 12.4. The minimum absolute atomic E-state index is 0.112. The van der Waals surface area contributed by atoms with Gasteiger partial charge in [-0.2, -0.15) is 0 Å². The zero-order valence-corrected chi connectivity index (χ0v) is 16.1. The molecule has 0 aliphatic heterocycles. The molecular formula is C21H24FNO5. The van der Waals surface area contributed by atoms with Gasteiger partial charge in [0, 0.05) is 0 Å². The van der Waals surface area contributed by atoms with Crippen LogP contribution in [0.2, 0.25) is 0 Å². The van der Waals surface area contributed by atoms with E-state index in [9.17, 15) is 14.0 Å². The highest BCUT2D eigenvalue weighted by atomic mass is 19.1. The number of esters is 1. The van der Waals surface area contributed by atoms with E-state index in [-0.39, 0.29) is 24.9 Å². The maximum atomic E-state index is 13.7.